The van der Waals surface area contributed by atoms with E-state index < -0.39 is 57.9 Å². The summed E-state index contributed by atoms with van der Waals surface area (Å²) in [5.41, 5.74) is -3.35. The van der Waals surface area contributed by atoms with Gasteiger partial charge in [-0.1, -0.05) is 24.3 Å². The third kappa shape index (κ3) is 5.40. The molecular formula is C29H22F6N2O4S. The highest BCUT2D eigenvalue weighted by atomic mass is 32.2. The Bertz CT molecular complexity index is 1760. The molecular weight excluding hydrogens is 586 g/mol. The molecule has 2 heterocycles. The van der Waals surface area contributed by atoms with E-state index in [0.717, 1.165) is 4.90 Å². The first-order valence-electron chi connectivity index (χ1n) is 12.5. The van der Waals surface area contributed by atoms with Crippen LogP contribution in [0.3, 0.4) is 0 Å². The maximum Gasteiger partial charge on any atom is 0.416 e. The zero-order valence-electron chi connectivity index (χ0n) is 22.1. The Hall–Kier alpha value is -4.13. The van der Waals surface area contributed by atoms with Gasteiger partial charge in [0.05, 0.1) is 23.2 Å². The van der Waals surface area contributed by atoms with Crippen LogP contribution in [0, 0.1) is 0 Å². The van der Waals surface area contributed by atoms with Crippen molar-refractivity contribution in [1.29, 1.82) is 0 Å². The van der Waals surface area contributed by atoms with Crippen molar-refractivity contribution in [3.63, 3.8) is 0 Å². The van der Waals surface area contributed by atoms with Crippen molar-refractivity contribution in [2.75, 3.05) is 19.9 Å². The van der Waals surface area contributed by atoms with Gasteiger partial charge in [0.1, 0.15) is 17.9 Å². The Morgan fingerprint density at radius 2 is 1.60 bits per heavy atom. The molecule has 0 aliphatic carbocycles. The summed E-state index contributed by atoms with van der Waals surface area (Å²) in [4.78, 5) is 29.2. The predicted octanol–water partition coefficient (Wildman–Crippen LogP) is 6.11. The van der Waals surface area contributed by atoms with Crippen LogP contribution in [0.25, 0.3) is 22.0 Å². The number of hydrogen-bond acceptors (Lipinski definition) is 4. The summed E-state index contributed by atoms with van der Waals surface area (Å²) in [6.45, 7) is -0.372. The van der Waals surface area contributed by atoms with E-state index in [9.17, 15) is 40.1 Å². The number of alkyl halides is 6. The zero-order chi connectivity index (χ0) is 30.6. The maximum atomic E-state index is 13.9. The van der Waals surface area contributed by atoms with Crippen molar-refractivity contribution >= 4 is 27.6 Å². The van der Waals surface area contributed by atoms with Crippen LogP contribution in [0.1, 0.15) is 27.0 Å². The van der Waals surface area contributed by atoms with Crippen LogP contribution in [0.2, 0.25) is 0 Å². The molecule has 0 bridgehead atoms. The predicted molar refractivity (Wildman–Crippen MR) is 144 cm³/mol. The van der Waals surface area contributed by atoms with Crippen molar-refractivity contribution in [3.05, 3.63) is 93.3 Å². The summed E-state index contributed by atoms with van der Waals surface area (Å²) in [7, 11) is -0.110. The largest absolute Gasteiger partial charge is 0.490 e. The lowest BCUT2D eigenvalue weighted by molar-refractivity contribution is -0.143. The summed E-state index contributed by atoms with van der Waals surface area (Å²) in [6, 6.07) is 12.5. The fourth-order valence-electron chi connectivity index (χ4n) is 5.02. The normalized spacial score (nSPS) is 14.0. The molecule has 0 radical (unpaired) electrons. The average Bonchev–Trinajstić information content (AvgIpc) is 2.93. The minimum Gasteiger partial charge on any atom is -0.490 e. The van der Waals surface area contributed by atoms with E-state index >= 15 is 0 Å². The maximum absolute atomic E-state index is 13.9. The molecule has 5 rings (SSSR count). The molecule has 4 aromatic rings. The number of para-hydroxylation sites is 1. The smallest absolute Gasteiger partial charge is 0.416 e. The quantitative estimate of drug-likeness (QED) is 0.257. The zero-order valence-corrected chi connectivity index (χ0v) is 22.9. The molecule has 1 aliphatic rings. The number of carbonyl (C=O) groups excluding carboxylic acids is 1. The third-order valence-corrected chi connectivity index (χ3v) is 7.86. The van der Waals surface area contributed by atoms with E-state index in [1.54, 1.807) is 42.5 Å². The standard InChI is InChI=1S/C29H22F6N2O4S/c1-36(15-16-12-18(28(30,31)32)14-19(13-16)29(33,34)35)26(38)24-23(17-6-8-20(9-7-17)42(2)40)21-4-3-5-22-25(21)37(27(24)39)10-11-41-22/h3-9,12-14H,10-11,15H2,1-2H3. The Balaban J connectivity index is 1.67. The Labute approximate surface area is 237 Å². The molecule has 13 heteroatoms. The summed E-state index contributed by atoms with van der Waals surface area (Å²) < 4.78 is 99.5. The fraction of sp³-hybridized carbons (Fsp3) is 0.241. The number of amides is 1. The molecule has 1 aliphatic heterocycles. The van der Waals surface area contributed by atoms with Crippen molar-refractivity contribution in [3.8, 4) is 16.9 Å². The first-order valence-corrected chi connectivity index (χ1v) is 14.0. The number of hydrogen-bond donors (Lipinski definition) is 0. The van der Waals surface area contributed by atoms with Gasteiger partial charge in [-0.2, -0.15) is 26.3 Å². The third-order valence-electron chi connectivity index (χ3n) is 6.92. The molecule has 220 valence electrons. The Morgan fingerprint density at radius 1 is 0.976 bits per heavy atom. The minimum absolute atomic E-state index is 0.0105. The highest BCUT2D eigenvalue weighted by molar-refractivity contribution is 7.84. The molecule has 0 fully saturated rings. The fourth-order valence-corrected chi connectivity index (χ4v) is 5.54. The monoisotopic (exact) mass is 608 g/mol. The van der Waals surface area contributed by atoms with Crippen molar-refractivity contribution in [2.24, 2.45) is 0 Å². The van der Waals surface area contributed by atoms with Crippen LogP contribution in [-0.2, 0) is 36.2 Å². The van der Waals surface area contributed by atoms with E-state index in [2.05, 4.69) is 0 Å². The van der Waals surface area contributed by atoms with E-state index in [1.807, 2.05) is 0 Å². The van der Waals surface area contributed by atoms with E-state index in [0.29, 0.717) is 39.2 Å². The van der Waals surface area contributed by atoms with Gasteiger partial charge >= 0.3 is 12.4 Å². The van der Waals surface area contributed by atoms with Crippen molar-refractivity contribution < 1.29 is 40.1 Å². The van der Waals surface area contributed by atoms with Gasteiger partial charge in [0, 0.05) is 46.5 Å². The summed E-state index contributed by atoms with van der Waals surface area (Å²) in [5, 5.41) is 0.479. The Morgan fingerprint density at radius 3 is 2.17 bits per heavy atom. The number of halogens is 6. The first-order chi connectivity index (χ1) is 19.7. The molecule has 1 unspecified atom stereocenters. The van der Waals surface area contributed by atoms with Gasteiger partial charge in [0.15, 0.2) is 0 Å². The molecule has 0 saturated carbocycles. The summed E-state index contributed by atoms with van der Waals surface area (Å²) in [6.07, 6.45) is -8.62. The topological polar surface area (TPSA) is 68.6 Å². The van der Waals surface area contributed by atoms with Crippen LogP contribution in [0.15, 0.2) is 70.4 Å². The van der Waals surface area contributed by atoms with E-state index in [-0.39, 0.29) is 30.3 Å². The van der Waals surface area contributed by atoms with Crippen LogP contribution in [0.4, 0.5) is 26.3 Å². The van der Waals surface area contributed by atoms with Crippen molar-refractivity contribution in [1.82, 2.24) is 9.47 Å². The SMILES string of the molecule is CN(Cc1cc(C(F)(F)F)cc(C(F)(F)F)c1)C(=O)c1c(-c2ccc(S(C)=O)cc2)c2cccc3c2n(c1=O)CCO3. The van der Waals surface area contributed by atoms with Crippen LogP contribution >= 0.6 is 0 Å². The second-order valence-corrected chi connectivity index (χ2v) is 11.1. The summed E-state index contributed by atoms with van der Waals surface area (Å²) in [5.74, 6) is -0.481. The molecule has 1 amide bonds. The number of pyridine rings is 1. The average molecular weight is 609 g/mol. The second kappa shape index (κ2) is 10.6. The second-order valence-electron chi connectivity index (χ2n) is 9.76. The van der Waals surface area contributed by atoms with E-state index in [4.69, 9.17) is 4.74 Å². The van der Waals surface area contributed by atoms with Gasteiger partial charge in [0.25, 0.3) is 11.5 Å². The van der Waals surface area contributed by atoms with E-state index in [1.165, 1.54) is 17.9 Å². The van der Waals surface area contributed by atoms with Crippen LogP contribution in [-0.4, -0.2) is 39.5 Å². The lowest BCUT2D eigenvalue weighted by Crippen LogP contribution is -2.37. The molecule has 1 aromatic heterocycles. The number of ether oxygens (including phenoxy) is 1. The summed E-state index contributed by atoms with van der Waals surface area (Å²) >= 11 is 0. The van der Waals surface area contributed by atoms with Gasteiger partial charge in [0.2, 0.25) is 0 Å². The van der Waals surface area contributed by atoms with Gasteiger partial charge in [-0.05, 0) is 47.5 Å². The molecule has 0 N–H and O–H groups in total. The van der Waals surface area contributed by atoms with Gasteiger partial charge in [-0.25, -0.2) is 0 Å². The van der Waals surface area contributed by atoms with Crippen molar-refractivity contribution in [2.45, 2.75) is 30.3 Å². The lowest BCUT2D eigenvalue weighted by Gasteiger charge is -2.25. The molecule has 6 nitrogen and oxygen atoms in total. The molecule has 42 heavy (non-hydrogen) atoms. The number of rotatable bonds is 5. The molecule has 3 aromatic carbocycles. The molecule has 1 atom stereocenters. The number of carbonyl (C=O) groups is 1. The number of nitrogens with zero attached hydrogens (tertiary/aromatic N) is 2. The highest BCUT2D eigenvalue weighted by Gasteiger charge is 2.37. The lowest BCUT2D eigenvalue weighted by atomic mass is 9.94. The van der Waals surface area contributed by atoms with Gasteiger partial charge in [-0.3, -0.25) is 13.8 Å². The first kappa shape index (κ1) is 29.4. The Kier molecular flexibility index (Phi) is 7.42. The molecule has 0 spiro atoms. The highest BCUT2D eigenvalue weighted by Crippen LogP contribution is 2.38. The number of aromatic nitrogens is 1. The molecule has 0 saturated heterocycles. The van der Waals surface area contributed by atoms with Crippen LogP contribution in [0.5, 0.6) is 5.75 Å². The van der Waals surface area contributed by atoms with Gasteiger partial charge in [-0.15, -0.1) is 0 Å². The number of benzene rings is 3. The minimum atomic E-state index is -5.06. The van der Waals surface area contributed by atoms with Crippen LogP contribution < -0.4 is 10.3 Å². The van der Waals surface area contributed by atoms with Gasteiger partial charge < -0.3 is 14.2 Å².